The first-order valence-corrected chi connectivity index (χ1v) is 11.8. The minimum atomic E-state index is -0.483. The number of aromatic nitrogens is 2. The highest BCUT2D eigenvalue weighted by Crippen LogP contribution is 2.37. The van der Waals surface area contributed by atoms with Crippen LogP contribution in [0.25, 0.3) is 0 Å². The van der Waals surface area contributed by atoms with Crippen molar-refractivity contribution >= 4 is 23.5 Å². The van der Waals surface area contributed by atoms with Crippen LogP contribution in [0.4, 0.5) is 0 Å². The van der Waals surface area contributed by atoms with Gasteiger partial charge >= 0.3 is 5.97 Å². The van der Waals surface area contributed by atoms with Gasteiger partial charge in [0.15, 0.2) is 5.75 Å². The largest absolute Gasteiger partial charge is 0.494 e. The maximum absolute atomic E-state index is 12.9. The van der Waals surface area contributed by atoms with Crippen molar-refractivity contribution in [3.63, 3.8) is 0 Å². The lowest BCUT2D eigenvalue weighted by Crippen LogP contribution is -2.40. The number of hydrogen-bond donors (Lipinski definition) is 1. The molecule has 0 unspecified atom stereocenters. The molecule has 2 aliphatic rings. The molecule has 1 saturated heterocycles. The zero-order valence-electron chi connectivity index (χ0n) is 19.1. The van der Waals surface area contributed by atoms with E-state index < -0.39 is 5.97 Å². The van der Waals surface area contributed by atoms with Gasteiger partial charge in [0.2, 0.25) is 0 Å². The molecule has 1 aromatic carbocycles. The van der Waals surface area contributed by atoms with Gasteiger partial charge in [0.25, 0.3) is 5.91 Å². The Morgan fingerprint density at radius 1 is 1.33 bits per heavy atom. The normalized spacial score (nSPS) is 17.2. The molecule has 8 nitrogen and oxygen atoms in total. The van der Waals surface area contributed by atoms with Crippen molar-refractivity contribution in [3.05, 3.63) is 45.7 Å². The number of ether oxygens (including phenoxy) is 3. The second kappa shape index (κ2) is 10.1. The fourth-order valence-corrected chi connectivity index (χ4v) is 4.94. The van der Waals surface area contributed by atoms with E-state index in [4.69, 9.17) is 30.9 Å². The lowest BCUT2D eigenvalue weighted by Gasteiger charge is -2.36. The fraction of sp³-hybridized carbons (Fsp3) is 0.542. The number of nitrogens with one attached hydrogen (secondary N) is 1. The fourth-order valence-electron chi connectivity index (χ4n) is 4.69. The van der Waals surface area contributed by atoms with Gasteiger partial charge in [-0.1, -0.05) is 24.6 Å². The summed E-state index contributed by atoms with van der Waals surface area (Å²) >= 11 is 6.10. The molecule has 178 valence electrons. The molecule has 9 heteroatoms. The molecule has 2 aromatic rings. The molecule has 0 radical (unpaired) electrons. The molecule has 0 saturated carbocycles. The molecule has 1 spiro atoms. The zero-order valence-corrected chi connectivity index (χ0v) is 19.9. The summed E-state index contributed by atoms with van der Waals surface area (Å²) < 4.78 is 18.2. The zero-order chi connectivity index (χ0) is 23.4. The highest BCUT2D eigenvalue weighted by atomic mass is 35.5. The van der Waals surface area contributed by atoms with Gasteiger partial charge in [-0.05, 0) is 43.2 Å². The molecule has 33 heavy (non-hydrogen) atoms. The van der Waals surface area contributed by atoms with Crippen molar-refractivity contribution in [1.82, 2.24) is 15.1 Å². The van der Waals surface area contributed by atoms with Crippen LogP contribution in [0, 0.1) is 5.41 Å². The summed E-state index contributed by atoms with van der Waals surface area (Å²) in [6, 6.07) is 4.97. The van der Waals surface area contributed by atoms with Crippen LogP contribution in [0.5, 0.6) is 5.75 Å². The summed E-state index contributed by atoms with van der Waals surface area (Å²) in [6.07, 6.45) is 3.87. The number of benzene rings is 1. The number of esters is 1. The monoisotopic (exact) mass is 475 g/mol. The number of nitrogens with zero attached hydrogens (tertiary/aromatic N) is 2. The van der Waals surface area contributed by atoms with E-state index in [0.717, 1.165) is 30.7 Å². The van der Waals surface area contributed by atoms with Gasteiger partial charge in [-0.2, -0.15) is 5.10 Å². The van der Waals surface area contributed by atoms with E-state index in [-0.39, 0.29) is 17.9 Å². The molecule has 3 heterocycles. The molecule has 1 N–H and O–H groups in total. The van der Waals surface area contributed by atoms with E-state index >= 15 is 0 Å². The number of para-hydroxylation sites is 1. The van der Waals surface area contributed by atoms with Gasteiger partial charge in [0.05, 0.1) is 35.7 Å². The Hall–Kier alpha value is -2.58. The standard InChI is InChI=1S/C24H30ClN3O5/c1-3-18-20-19(14-24(15-26-22(20)29)8-12-32-13-9-24)28(27-18)10-5-11-33-23(30)16-6-4-7-17(25)21(16)31-2/h4,6-7H,3,5,8-15H2,1-2H3,(H,26,29). The molecule has 0 atom stereocenters. The van der Waals surface area contributed by atoms with E-state index in [0.29, 0.717) is 61.0 Å². The molecule has 4 rings (SSSR count). The van der Waals surface area contributed by atoms with Crippen molar-refractivity contribution in [1.29, 1.82) is 0 Å². The number of aryl methyl sites for hydroxylation is 2. The van der Waals surface area contributed by atoms with Crippen LogP contribution < -0.4 is 10.1 Å². The summed E-state index contributed by atoms with van der Waals surface area (Å²) in [5.74, 6) is -0.221. The second-order valence-corrected chi connectivity index (χ2v) is 9.03. The Balaban J connectivity index is 1.46. The number of fused-ring (bicyclic) bond motifs is 1. The van der Waals surface area contributed by atoms with Gasteiger partial charge in [-0.25, -0.2) is 4.79 Å². The maximum atomic E-state index is 12.9. The molecular weight excluding hydrogens is 446 g/mol. The Kier molecular flexibility index (Phi) is 7.24. The molecule has 0 aliphatic carbocycles. The number of halogens is 1. The number of methoxy groups -OCH3 is 1. The average Bonchev–Trinajstić information content (AvgIpc) is 3.10. The smallest absolute Gasteiger partial charge is 0.341 e. The lowest BCUT2D eigenvalue weighted by molar-refractivity contribution is 0.0152. The SMILES string of the molecule is CCc1nn(CCCOC(=O)c2cccc(Cl)c2OC)c2c1C(=O)NCC1(CCOCC1)C2. The molecule has 1 amide bonds. The van der Waals surface area contributed by atoms with E-state index in [2.05, 4.69) is 5.32 Å². The van der Waals surface area contributed by atoms with Crippen LogP contribution in [0.15, 0.2) is 18.2 Å². The molecule has 2 aliphatic heterocycles. The highest BCUT2D eigenvalue weighted by molar-refractivity contribution is 6.32. The first-order valence-electron chi connectivity index (χ1n) is 11.4. The van der Waals surface area contributed by atoms with Crippen molar-refractivity contribution in [2.24, 2.45) is 5.41 Å². The van der Waals surface area contributed by atoms with Crippen molar-refractivity contribution in [2.75, 3.05) is 33.5 Å². The van der Waals surface area contributed by atoms with Crippen molar-refractivity contribution < 1.29 is 23.8 Å². The number of rotatable bonds is 7. The third-order valence-corrected chi connectivity index (χ3v) is 6.85. The summed E-state index contributed by atoms with van der Waals surface area (Å²) in [5, 5.41) is 8.23. The Morgan fingerprint density at radius 2 is 2.12 bits per heavy atom. The number of amides is 1. The van der Waals surface area contributed by atoms with E-state index in [9.17, 15) is 9.59 Å². The predicted molar refractivity (Wildman–Crippen MR) is 123 cm³/mol. The van der Waals surface area contributed by atoms with Crippen LogP contribution in [-0.4, -0.2) is 55.1 Å². The van der Waals surface area contributed by atoms with Crippen molar-refractivity contribution in [3.8, 4) is 5.75 Å². The summed E-state index contributed by atoms with van der Waals surface area (Å²) in [4.78, 5) is 25.4. The third-order valence-electron chi connectivity index (χ3n) is 6.55. The Morgan fingerprint density at radius 3 is 2.85 bits per heavy atom. The van der Waals surface area contributed by atoms with E-state index in [1.54, 1.807) is 18.2 Å². The summed E-state index contributed by atoms with van der Waals surface area (Å²) in [6.45, 7) is 4.87. The van der Waals surface area contributed by atoms with Gasteiger partial charge in [-0.3, -0.25) is 9.48 Å². The highest BCUT2D eigenvalue weighted by Gasteiger charge is 2.39. The molecular formula is C24H30ClN3O5. The van der Waals surface area contributed by atoms with Crippen LogP contribution in [-0.2, 0) is 28.9 Å². The molecule has 0 bridgehead atoms. The van der Waals surface area contributed by atoms with Crippen LogP contribution in [0.3, 0.4) is 0 Å². The Labute approximate surface area is 198 Å². The first-order chi connectivity index (χ1) is 16.0. The minimum Gasteiger partial charge on any atom is -0.494 e. The summed E-state index contributed by atoms with van der Waals surface area (Å²) in [7, 11) is 1.47. The number of carbonyl (C=O) groups is 2. The van der Waals surface area contributed by atoms with Gasteiger partial charge in [0.1, 0.15) is 5.56 Å². The minimum absolute atomic E-state index is 0.00243. The predicted octanol–water partition coefficient (Wildman–Crippen LogP) is 3.44. The van der Waals surface area contributed by atoms with E-state index in [1.807, 2.05) is 11.6 Å². The van der Waals surface area contributed by atoms with E-state index in [1.165, 1.54) is 7.11 Å². The van der Waals surface area contributed by atoms with Gasteiger partial charge in [-0.15, -0.1) is 0 Å². The molecule has 1 aromatic heterocycles. The topological polar surface area (TPSA) is 91.7 Å². The van der Waals surface area contributed by atoms with Crippen LogP contribution >= 0.6 is 11.6 Å². The number of hydrogen-bond acceptors (Lipinski definition) is 6. The van der Waals surface area contributed by atoms with Gasteiger partial charge in [0, 0.05) is 32.7 Å². The maximum Gasteiger partial charge on any atom is 0.341 e. The van der Waals surface area contributed by atoms with Crippen molar-refractivity contribution in [2.45, 2.75) is 45.6 Å². The Bertz CT molecular complexity index is 1030. The van der Waals surface area contributed by atoms with Crippen LogP contribution in [0.2, 0.25) is 5.02 Å². The summed E-state index contributed by atoms with van der Waals surface area (Å²) in [5.41, 5.74) is 2.79. The van der Waals surface area contributed by atoms with Gasteiger partial charge < -0.3 is 19.5 Å². The number of carbonyl (C=O) groups excluding carboxylic acids is 2. The third kappa shape index (κ3) is 4.87. The first kappa shape index (κ1) is 23.6. The molecule has 1 fully saturated rings. The average molecular weight is 476 g/mol. The quantitative estimate of drug-likeness (QED) is 0.487. The lowest BCUT2D eigenvalue weighted by atomic mass is 9.76. The van der Waals surface area contributed by atoms with Crippen LogP contribution in [0.1, 0.15) is 58.3 Å². The second-order valence-electron chi connectivity index (χ2n) is 8.63.